The van der Waals surface area contributed by atoms with E-state index in [1.165, 1.54) is 26.4 Å². The minimum absolute atomic E-state index is 0.0201. The number of carbonyl (C=O) groups excluding carboxylic acids is 16. The Labute approximate surface area is 810 Å². The van der Waals surface area contributed by atoms with Gasteiger partial charge in [-0.05, 0) is 144 Å². The van der Waals surface area contributed by atoms with E-state index in [-0.39, 0.29) is 121 Å². The molecule has 4 aromatic rings. The highest BCUT2D eigenvalue weighted by Gasteiger charge is 2.41. The molecule has 4 rings (SSSR count). The van der Waals surface area contributed by atoms with Crippen molar-refractivity contribution < 1.29 is 106 Å². The van der Waals surface area contributed by atoms with Crippen LogP contribution in [-0.2, 0) is 110 Å². The summed E-state index contributed by atoms with van der Waals surface area (Å²) in [6, 6.07) is -9.06. The Balaban J connectivity index is 1.67. The zero-order valence-electron chi connectivity index (χ0n) is 80.2. The van der Waals surface area contributed by atoms with Crippen LogP contribution in [0.3, 0.4) is 0 Å². The number of benzene rings is 2. The molecular formula is C90H142N28O22. The highest BCUT2D eigenvalue weighted by Crippen LogP contribution is 2.22. The lowest BCUT2D eigenvalue weighted by atomic mass is 9.99. The first-order valence-corrected chi connectivity index (χ1v) is 46.5. The van der Waals surface area contributed by atoms with E-state index in [4.69, 9.17) is 51.0 Å². The average molecular weight is 1970 g/mol. The van der Waals surface area contributed by atoms with Gasteiger partial charge in [-0.3, -0.25) is 97.1 Å². The molecule has 2 aromatic carbocycles. The molecule has 50 nitrogen and oxygen atoms in total. The third-order valence-corrected chi connectivity index (χ3v) is 22.2. The molecule has 0 radical (unpaired) electrons. The first-order valence-electron chi connectivity index (χ1n) is 46.5. The normalized spacial score (nSPS) is 14.4. The van der Waals surface area contributed by atoms with Crippen LogP contribution in [-0.4, -0.2) is 271 Å². The molecule has 140 heavy (non-hydrogen) atoms. The van der Waals surface area contributed by atoms with Gasteiger partial charge in [0.25, 0.3) is 0 Å². The highest BCUT2D eigenvalue weighted by atomic mass is 16.4. The standard InChI is InChI=1S/C90H142N28O22/c1-46(2)36-61(81(132)108-59(28-30-68(94)119)78(129)114-66(42-71(123)124)85(136)118-73(49(7)8)87(138)115-64(40-52-44-100-45-104-52)83(134)113-65(41-69(95)120)84(135)116-67(88(139)140)38-50-20-10-9-11-21-50)110-77(128)57(26-15-17-33-92)106-75(126)56(25-14-16-32-91)105-76(127)58(27-19-35-102-90(98)99)107-80(131)62(37-47(3)4)111-82(133)63(39-51-43-103-55-24-13-12-22-53(51)55)112-79(130)60(29-31-70(121)122)109-86(137)72(48(5)6)117-74(125)54(93)23-18-34-101-89(96)97/h9-13,20-22,24,43-49,54,56-67,72-73,103H,14-19,23,25-42,91-93H2,1-8H3,(H2,94,119)(H2,95,120)(H,100,104)(H,105,127)(H,106,126)(H,107,131)(H,108,132)(H,109,137)(H,110,128)(H,111,133)(H,112,130)(H,113,134)(H,114,129)(H,115,138)(H,116,135)(H,117,125)(H,118,136)(H,121,122)(H,123,124)(H,139,140)(H4,96,97,101)(H4,98,99,102)/t54-,56-,57-,58-,59-,60-,61-,62-,63-,64-,65-,66-,67-,72-,73-/m0/s1. The summed E-state index contributed by atoms with van der Waals surface area (Å²) in [6.45, 7) is 13.3. The Kier molecular flexibility index (Phi) is 51.3. The summed E-state index contributed by atoms with van der Waals surface area (Å²) in [4.78, 5) is 276. The van der Waals surface area contributed by atoms with Crippen molar-refractivity contribution in [3.05, 3.63) is 90.1 Å². The average Bonchev–Trinajstić information content (AvgIpc) is 1.72. The number of primary amides is 2. The number of H-pyrrole nitrogens is 2. The Bertz CT molecular complexity index is 4840. The lowest BCUT2D eigenvalue weighted by Crippen LogP contribution is -2.62. The number of nitrogens with two attached hydrogens (primary N) is 7. The quantitative estimate of drug-likeness (QED) is 0.0112. The van der Waals surface area contributed by atoms with Crippen molar-refractivity contribution in [2.45, 2.75) is 281 Å². The predicted molar refractivity (Wildman–Crippen MR) is 511 cm³/mol. The van der Waals surface area contributed by atoms with Gasteiger partial charge in [0.05, 0.1) is 30.9 Å². The highest BCUT2D eigenvalue weighted by molar-refractivity contribution is 6.02. The second-order valence-corrected chi connectivity index (χ2v) is 35.7. The Morgan fingerprint density at radius 1 is 0.371 bits per heavy atom. The number of amides is 16. The van der Waals surface area contributed by atoms with Gasteiger partial charge in [0.1, 0.15) is 84.6 Å². The zero-order valence-corrected chi connectivity index (χ0v) is 80.2. The Morgan fingerprint density at radius 2 is 0.750 bits per heavy atom. The van der Waals surface area contributed by atoms with Crippen molar-refractivity contribution >= 4 is 135 Å². The van der Waals surface area contributed by atoms with Crippen LogP contribution in [0.1, 0.15) is 188 Å². The van der Waals surface area contributed by atoms with Crippen molar-refractivity contribution in [1.82, 2.24) is 100 Å². The smallest absolute Gasteiger partial charge is 0.326 e. The Morgan fingerprint density at radius 3 is 1.19 bits per heavy atom. The lowest BCUT2D eigenvalue weighted by molar-refractivity contribution is -0.143. The molecular weight excluding hydrogens is 1830 g/mol. The fraction of sp³-hybridized carbons (Fsp3) is 0.578. The molecule has 2 aromatic heterocycles. The van der Waals surface area contributed by atoms with E-state index < -0.39 is 272 Å². The second kappa shape index (κ2) is 61.0. The number of hydrogen-bond acceptors (Lipinski definition) is 25. The topological polar surface area (TPSA) is 852 Å². The third kappa shape index (κ3) is 43.5. The molecule has 0 bridgehead atoms. The molecule has 0 aliphatic heterocycles. The number of carboxylic acid groups (broad SMARTS) is 3. The maximum Gasteiger partial charge on any atom is 0.326 e. The molecule has 2 heterocycles. The maximum absolute atomic E-state index is 15.1. The van der Waals surface area contributed by atoms with E-state index in [1.807, 2.05) is 0 Å². The summed E-state index contributed by atoms with van der Waals surface area (Å²) in [7, 11) is 0. The minimum atomic E-state index is -2.09. The summed E-state index contributed by atoms with van der Waals surface area (Å²) < 4.78 is 0. The van der Waals surface area contributed by atoms with Crippen molar-refractivity contribution in [3.8, 4) is 0 Å². The third-order valence-electron chi connectivity index (χ3n) is 22.2. The molecule has 16 amide bonds. The molecule has 37 N–H and O–H groups in total. The Hall–Kier alpha value is -14.5. The van der Waals surface area contributed by atoms with Crippen molar-refractivity contribution in [1.29, 1.82) is 10.8 Å². The number of rotatable bonds is 67. The van der Waals surface area contributed by atoms with Crippen LogP contribution in [0, 0.1) is 34.5 Å². The number of nitrogens with zero attached hydrogens (tertiary/aromatic N) is 1. The fourth-order valence-electron chi connectivity index (χ4n) is 14.7. The molecule has 0 saturated carbocycles. The summed E-state index contributed by atoms with van der Waals surface area (Å²) in [5, 5.41) is 86.6. The number of carbonyl (C=O) groups is 19. The van der Waals surface area contributed by atoms with E-state index in [0.29, 0.717) is 34.9 Å². The number of fused-ring (bicyclic) bond motifs is 1. The van der Waals surface area contributed by atoms with Gasteiger partial charge in [-0.2, -0.15) is 0 Å². The lowest BCUT2D eigenvalue weighted by Gasteiger charge is -2.29. The molecule has 0 aliphatic carbocycles. The van der Waals surface area contributed by atoms with E-state index in [2.05, 4.69) is 100 Å². The second-order valence-electron chi connectivity index (χ2n) is 35.7. The maximum atomic E-state index is 15.1. The SMILES string of the molecule is CC(C)C[C@H](NC(=O)[C@H](CCCCN)NC(=O)[C@H](CCCCN)NC(=O)[C@H](CCCNC(=N)N)NC(=O)[C@H](CC(C)C)NC(=O)[C@H](Cc1c[nH]c2ccccc12)NC(=O)[C@H](CCC(=O)O)NC(=O)[C@@H](NC(=O)[C@@H](N)CCCNC(=N)N)C(C)C)C(=O)N[C@@H](CCC(N)=O)C(=O)N[C@@H](CC(=O)O)C(=O)N[C@H](C(=O)N[C@@H](Cc1c[nH]cn1)C(=O)N[C@@H](CC(N)=O)C(=O)N[C@@H](Cc1ccccc1)C(=O)O)C(C)C. The molecule has 0 spiro atoms. The summed E-state index contributed by atoms with van der Waals surface area (Å²) >= 11 is 0. The van der Waals surface area contributed by atoms with Crippen LogP contribution in [0.2, 0.25) is 0 Å². The molecule has 774 valence electrons. The van der Waals surface area contributed by atoms with Crippen LogP contribution in [0.15, 0.2) is 73.3 Å². The van der Waals surface area contributed by atoms with E-state index in [9.17, 15) is 87.2 Å². The summed E-state index contributed by atoms with van der Waals surface area (Å²) in [5.41, 5.74) is 41.8. The van der Waals surface area contributed by atoms with Crippen molar-refractivity contribution in [2.24, 2.45) is 63.8 Å². The molecule has 0 unspecified atom stereocenters. The molecule has 50 heteroatoms. The van der Waals surface area contributed by atoms with Gasteiger partial charge in [0.15, 0.2) is 11.9 Å². The molecule has 0 saturated heterocycles. The van der Waals surface area contributed by atoms with Gasteiger partial charge < -0.3 is 150 Å². The van der Waals surface area contributed by atoms with Crippen LogP contribution < -0.4 is 125 Å². The summed E-state index contributed by atoms with van der Waals surface area (Å²) in [6.07, 6.45) is -0.667. The first-order chi connectivity index (χ1) is 66.1. The van der Waals surface area contributed by atoms with Crippen molar-refractivity contribution in [3.63, 3.8) is 0 Å². The fourth-order valence-corrected chi connectivity index (χ4v) is 14.7. The van der Waals surface area contributed by atoms with E-state index in [1.54, 1.807) is 102 Å². The van der Waals surface area contributed by atoms with Gasteiger partial charge in [0, 0.05) is 68.5 Å². The van der Waals surface area contributed by atoms with Crippen LogP contribution in [0.25, 0.3) is 10.9 Å². The number of nitrogens with one attached hydrogen (secondary N) is 20. The number of aromatic nitrogens is 3. The number of aromatic amines is 2. The van der Waals surface area contributed by atoms with Gasteiger partial charge in [-0.1, -0.05) is 104 Å². The van der Waals surface area contributed by atoms with Crippen molar-refractivity contribution in [2.75, 3.05) is 26.2 Å². The van der Waals surface area contributed by atoms with Gasteiger partial charge in [-0.15, -0.1) is 0 Å². The monoisotopic (exact) mass is 1970 g/mol. The molecule has 0 aliphatic rings. The number of imidazole rings is 1. The van der Waals surface area contributed by atoms with E-state index >= 15 is 19.2 Å². The first kappa shape index (κ1) is 118. The van der Waals surface area contributed by atoms with Crippen LogP contribution >= 0.6 is 0 Å². The van der Waals surface area contributed by atoms with Crippen LogP contribution in [0.5, 0.6) is 0 Å². The molecule has 0 fully saturated rings. The van der Waals surface area contributed by atoms with E-state index in [0.717, 1.165) is 0 Å². The minimum Gasteiger partial charge on any atom is -0.481 e. The molecule has 15 atom stereocenters. The van der Waals surface area contributed by atoms with Gasteiger partial charge in [0.2, 0.25) is 94.5 Å². The largest absolute Gasteiger partial charge is 0.481 e. The number of aliphatic carboxylic acids is 3. The van der Waals surface area contributed by atoms with Gasteiger partial charge in [-0.25, -0.2) is 9.78 Å². The number of unbranched alkanes of at least 4 members (excludes halogenated alkanes) is 2. The number of para-hydroxylation sites is 1. The van der Waals surface area contributed by atoms with Gasteiger partial charge >= 0.3 is 17.9 Å². The predicted octanol–water partition coefficient (Wildman–Crippen LogP) is -5.21. The van der Waals surface area contributed by atoms with Crippen LogP contribution in [0.4, 0.5) is 0 Å². The summed E-state index contributed by atoms with van der Waals surface area (Å²) in [5.74, 6) is -24.3. The number of carboxylic acids is 3. The zero-order chi connectivity index (χ0) is 105. The number of hydrogen-bond donors (Lipinski definition) is 30. The number of guanidine groups is 2.